The van der Waals surface area contributed by atoms with Gasteiger partial charge in [0.25, 0.3) is 5.91 Å². The van der Waals surface area contributed by atoms with E-state index >= 15 is 0 Å². The second-order valence-corrected chi connectivity index (χ2v) is 5.40. The van der Waals surface area contributed by atoms with Crippen molar-refractivity contribution in [2.75, 3.05) is 19.6 Å². The number of hydrogen-bond donors (Lipinski definition) is 3. The zero-order valence-electron chi connectivity index (χ0n) is 13.1. The lowest BCUT2D eigenvalue weighted by atomic mass is 10.2. The number of aliphatic imine (C=N–C) groups is 1. The first kappa shape index (κ1) is 18.3. The van der Waals surface area contributed by atoms with Gasteiger partial charge in [0.15, 0.2) is 5.96 Å². The Balaban J connectivity index is 2.18. The van der Waals surface area contributed by atoms with Crippen molar-refractivity contribution in [3.8, 4) is 0 Å². The maximum Gasteiger partial charge on any atom is 0.252 e. The van der Waals surface area contributed by atoms with Crippen LogP contribution in [0.5, 0.6) is 0 Å². The minimum Gasteiger partial charge on any atom is -0.370 e. The number of nitrogens with two attached hydrogens (primary N) is 1. The van der Waals surface area contributed by atoms with Crippen LogP contribution in [0.4, 0.5) is 0 Å². The van der Waals surface area contributed by atoms with Gasteiger partial charge < -0.3 is 16.4 Å². The molecule has 0 bridgehead atoms. The highest BCUT2D eigenvalue weighted by atomic mass is 35.5. The summed E-state index contributed by atoms with van der Waals surface area (Å²) in [4.78, 5) is 16.1. The summed E-state index contributed by atoms with van der Waals surface area (Å²) in [6, 6.07) is 6.95. The van der Waals surface area contributed by atoms with Gasteiger partial charge in [-0.15, -0.1) is 0 Å². The first-order valence-electron chi connectivity index (χ1n) is 7.71. The highest BCUT2D eigenvalue weighted by Gasteiger charge is 2.08. The Hall–Kier alpha value is -1.75. The van der Waals surface area contributed by atoms with Crippen LogP contribution in [0.2, 0.25) is 5.02 Å². The van der Waals surface area contributed by atoms with Crippen LogP contribution in [0, 0.1) is 0 Å². The summed E-state index contributed by atoms with van der Waals surface area (Å²) >= 11 is 5.96. The van der Waals surface area contributed by atoms with Crippen LogP contribution < -0.4 is 16.4 Å². The summed E-state index contributed by atoms with van der Waals surface area (Å²) in [5.74, 6) is 0.228. The number of unbranched alkanes of at least 4 members (excludes halogenated alkanes) is 3. The molecular formula is C16H25ClN4O. The van der Waals surface area contributed by atoms with Crippen LogP contribution in [0.3, 0.4) is 0 Å². The monoisotopic (exact) mass is 324 g/mol. The molecule has 0 aliphatic heterocycles. The number of nitrogens with zero attached hydrogens (tertiary/aromatic N) is 1. The Kier molecular flexibility index (Phi) is 9.07. The second-order valence-electron chi connectivity index (χ2n) is 4.99. The van der Waals surface area contributed by atoms with Gasteiger partial charge in [-0.3, -0.25) is 9.79 Å². The Morgan fingerprint density at radius 2 is 1.91 bits per heavy atom. The van der Waals surface area contributed by atoms with Crippen LogP contribution >= 0.6 is 11.6 Å². The largest absolute Gasteiger partial charge is 0.370 e. The summed E-state index contributed by atoms with van der Waals surface area (Å²) in [6.07, 6.45) is 4.68. The minimum atomic E-state index is -0.192. The lowest BCUT2D eigenvalue weighted by Crippen LogP contribution is -2.38. The standard InChI is InChI=1S/C16H25ClN4O/c1-2-3-4-7-10-20-16(18)21-12-11-19-15(22)13-8-5-6-9-14(13)17/h5-6,8-9H,2-4,7,10-12H2,1H3,(H,19,22)(H3,18,20,21). The van der Waals surface area contributed by atoms with Gasteiger partial charge in [-0.25, -0.2) is 0 Å². The summed E-state index contributed by atoms with van der Waals surface area (Å²) in [6.45, 7) is 3.90. The van der Waals surface area contributed by atoms with Crippen molar-refractivity contribution in [1.82, 2.24) is 10.6 Å². The van der Waals surface area contributed by atoms with Crippen molar-refractivity contribution in [1.29, 1.82) is 0 Å². The molecule has 0 spiro atoms. The number of guanidine groups is 1. The fourth-order valence-corrected chi connectivity index (χ4v) is 2.12. The molecule has 1 rings (SSSR count). The van der Waals surface area contributed by atoms with Gasteiger partial charge in [0.1, 0.15) is 0 Å². The third kappa shape index (κ3) is 7.31. The molecule has 0 fully saturated rings. The third-order valence-electron chi connectivity index (χ3n) is 3.13. The lowest BCUT2D eigenvalue weighted by molar-refractivity contribution is 0.0954. The molecule has 0 atom stereocenters. The topological polar surface area (TPSA) is 79.5 Å². The third-order valence-corrected chi connectivity index (χ3v) is 3.46. The van der Waals surface area contributed by atoms with Crippen molar-refractivity contribution in [2.24, 2.45) is 10.7 Å². The molecule has 5 nitrogen and oxygen atoms in total. The average molecular weight is 325 g/mol. The number of hydrogen-bond acceptors (Lipinski definition) is 2. The number of carbonyl (C=O) groups is 1. The van der Waals surface area contributed by atoms with Gasteiger partial charge in [-0.2, -0.15) is 0 Å². The molecule has 1 aromatic carbocycles. The predicted molar refractivity (Wildman–Crippen MR) is 92.4 cm³/mol. The van der Waals surface area contributed by atoms with E-state index < -0.39 is 0 Å². The van der Waals surface area contributed by atoms with Gasteiger partial charge in [-0.05, 0) is 18.6 Å². The average Bonchev–Trinajstić information content (AvgIpc) is 2.51. The van der Waals surface area contributed by atoms with Crippen LogP contribution in [0.1, 0.15) is 43.0 Å². The first-order chi connectivity index (χ1) is 10.6. The number of carbonyl (C=O) groups excluding carboxylic acids is 1. The molecule has 0 saturated carbocycles. The summed E-state index contributed by atoms with van der Waals surface area (Å²) in [5.41, 5.74) is 6.22. The van der Waals surface area contributed by atoms with Gasteiger partial charge in [0, 0.05) is 19.6 Å². The molecule has 6 heteroatoms. The Morgan fingerprint density at radius 3 is 2.64 bits per heavy atom. The van der Waals surface area contributed by atoms with Crippen LogP contribution in [-0.2, 0) is 0 Å². The zero-order chi connectivity index (χ0) is 16.2. The number of amides is 1. The van der Waals surface area contributed by atoms with E-state index in [0.717, 1.165) is 13.0 Å². The number of nitrogens with one attached hydrogen (secondary N) is 2. The molecule has 22 heavy (non-hydrogen) atoms. The fourth-order valence-electron chi connectivity index (χ4n) is 1.90. The Labute approximate surface area is 137 Å². The maximum atomic E-state index is 11.9. The highest BCUT2D eigenvalue weighted by Crippen LogP contribution is 2.14. The number of halogens is 1. The summed E-state index contributed by atoms with van der Waals surface area (Å²) < 4.78 is 0. The molecule has 0 unspecified atom stereocenters. The Bertz CT molecular complexity index is 491. The van der Waals surface area contributed by atoms with E-state index in [1.807, 2.05) is 0 Å². The molecule has 0 aromatic heterocycles. The van der Waals surface area contributed by atoms with E-state index in [9.17, 15) is 4.79 Å². The van der Waals surface area contributed by atoms with Gasteiger partial charge in [-0.1, -0.05) is 49.9 Å². The van der Waals surface area contributed by atoms with Crippen molar-refractivity contribution in [3.63, 3.8) is 0 Å². The van der Waals surface area contributed by atoms with Gasteiger partial charge in [0.2, 0.25) is 0 Å². The Morgan fingerprint density at radius 1 is 1.18 bits per heavy atom. The molecule has 4 N–H and O–H groups in total. The zero-order valence-corrected chi connectivity index (χ0v) is 13.8. The van der Waals surface area contributed by atoms with Crippen LogP contribution in [-0.4, -0.2) is 31.5 Å². The van der Waals surface area contributed by atoms with Crippen molar-refractivity contribution in [3.05, 3.63) is 34.9 Å². The van der Waals surface area contributed by atoms with Crippen molar-refractivity contribution >= 4 is 23.5 Å². The number of rotatable bonds is 9. The van der Waals surface area contributed by atoms with Crippen LogP contribution in [0.15, 0.2) is 29.3 Å². The molecule has 1 amide bonds. The molecule has 122 valence electrons. The predicted octanol–water partition coefficient (Wildman–Crippen LogP) is 2.55. The van der Waals surface area contributed by atoms with E-state index in [0.29, 0.717) is 29.6 Å². The van der Waals surface area contributed by atoms with Gasteiger partial charge >= 0.3 is 0 Å². The van der Waals surface area contributed by atoms with Crippen molar-refractivity contribution < 1.29 is 4.79 Å². The fraction of sp³-hybridized carbons (Fsp3) is 0.500. The van der Waals surface area contributed by atoms with E-state index in [4.69, 9.17) is 17.3 Å². The molecule has 0 aliphatic carbocycles. The normalized spacial score (nSPS) is 11.3. The summed E-state index contributed by atoms with van der Waals surface area (Å²) in [7, 11) is 0. The van der Waals surface area contributed by atoms with Gasteiger partial charge in [0.05, 0.1) is 10.6 Å². The summed E-state index contributed by atoms with van der Waals surface area (Å²) in [5, 5.41) is 6.20. The maximum absolute atomic E-state index is 11.9. The van der Waals surface area contributed by atoms with E-state index in [1.165, 1.54) is 19.3 Å². The van der Waals surface area contributed by atoms with Crippen LogP contribution in [0.25, 0.3) is 0 Å². The SMILES string of the molecule is CCCCCCN=C(N)NCCNC(=O)c1ccccc1Cl. The number of benzene rings is 1. The minimum absolute atomic E-state index is 0.192. The second kappa shape index (κ2) is 10.9. The van der Waals surface area contributed by atoms with E-state index in [2.05, 4.69) is 22.5 Å². The highest BCUT2D eigenvalue weighted by molar-refractivity contribution is 6.33. The molecule has 1 aromatic rings. The molecule has 0 radical (unpaired) electrons. The molecule has 0 aliphatic rings. The van der Waals surface area contributed by atoms with Crippen molar-refractivity contribution in [2.45, 2.75) is 32.6 Å². The molecule has 0 heterocycles. The first-order valence-corrected chi connectivity index (χ1v) is 8.09. The van der Waals surface area contributed by atoms with E-state index in [-0.39, 0.29) is 5.91 Å². The quantitative estimate of drug-likeness (QED) is 0.371. The smallest absolute Gasteiger partial charge is 0.252 e. The molecule has 0 saturated heterocycles. The molecular weight excluding hydrogens is 300 g/mol. The van der Waals surface area contributed by atoms with E-state index in [1.54, 1.807) is 24.3 Å². The lowest BCUT2D eigenvalue weighted by Gasteiger charge is -2.08.